The van der Waals surface area contributed by atoms with Gasteiger partial charge in [-0.15, -0.1) is 0 Å². The molecule has 0 bridgehead atoms. The van der Waals surface area contributed by atoms with Crippen LogP contribution in [0.4, 0.5) is 0 Å². The first-order chi connectivity index (χ1) is 8.72. The number of aromatic hydroxyl groups is 1. The molecular weight excluding hydrogens is 226 g/mol. The number of hydrogen-bond donors (Lipinski definition) is 1. The number of aliphatic imine (C=N–C) groups is 1. The molecule has 18 heavy (non-hydrogen) atoms. The molecule has 0 amide bonds. The van der Waals surface area contributed by atoms with Crippen molar-refractivity contribution in [2.45, 2.75) is 6.92 Å². The van der Waals surface area contributed by atoms with Gasteiger partial charge in [0.25, 0.3) is 0 Å². The summed E-state index contributed by atoms with van der Waals surface area (Å²) in [5.74, 6) is -0.0729. The van der Waals surface area contributed by atoms with Crippen molar-refractivity contribution in [2.24, 2.45) is 4.99 Å². The number of hydrogen-bond acceptors (Lipinski definition) is 4. The van der Waals surface area contributed by atoms with E-state index in [2.05, 4.69) is 16.6 Å². The SMILES string of the molecule is C=C/C=C(\C=C/C)N=C(C#N)c1ccncc1O. The highest BCUT2D eigenvalue weighted by Crippen LogP contribution is 2.16. The second kappa shape index (κ2) is 6.81. The Kier molecular flexibility index (Phi) is 5.07. The van der Waals surface area contributed by atoms with Crippen molar-refractivity contribution in [2.75, 3.05) is 0 Å². The Hall–Kier alpha value is -2.67. The Morgan fingerprint density at radius 3 is 2.94 bits per heavy atom. The van der Waals surface area contributed by atoms with Gasteiger partial charge < -0.3 is 5.11 Å². The zero-order chi connectivity index (χ0) is 13.4. The minimum Gasteiger partial charge on any atom is -0.506 e. The first-order valence-electron chi connectivity index (χ1n) is 5.30. The molecule has 0 spiro atoms. The maximum atomic E-state index is 9.63. The van der Waals surface area contributed by atoms with E-state index in [9.17, 15) is 5.11 Å². The average molecular weight is 239 g/mol. The minimum atomic E-state index is -0.0729. The van der Waals surface area contributed by atoms with E-state index in [0.29, 0.717) is 11.3 Å². The van der Waals surface area contributed by atoms with Crippen LogP contribution in [-0.2, 0) is 0 Å². The maximum absolute atomic E-state index is 9.63. The number of pyridine rings is 1. The average Bonchev–Trinajstić information content (AvgIpc) is 2.37. The van der Waals surface area contributed by atoms with Crippen molar-refractivity contribution in [1.29, 1.82) is 5.26 Å². The summed E-state index contributed by atoms with van der Waals surface area (Å²) in [6.07, 6.45) is 9.58. The lowest BCUT2D eigenvalue weighted by atomic mass is 10.1. The molecule has 0 aliphatic rings. The topological polar surface area (TPSA) is 69.3 Å². The summed E-state index contributed by atoms with van der Waals surface area (Å²) in [6, 6.07) is 3.50. The number of nitriles is 1. The molecule has 0 aliphatic carbocycles. The van der Waals surface area contributed by atoms with Crippen molar-refractivity contribution in [3.63, 3.8) is 0 Å². The minimum absolute atomic E-state index is 0.0729. The van der Waals surface area contributed by atoms with Gasteiger partial charge in [-0.05, 0) is 25.1 Å². The Morgan fingerprint density at radius 2 is 2.39 bits per heavy atom. The van der Waals surface area contributed by atoms with Gasteiger partial charge in [-0.25, -0.2) is 4.99 Å². The van der Waals surface area contributed by atoms with E-state index in [1.165, 1.54) is 12.4 Å². The Morgan fingerprint density at radius 1 is 1.61 bits per heavy atom. The van der Waals surface area contributed by atoms with E-state index in [1.54, 1.807) is 30.4 Å². The van der Waals surface area contributed by atoms with Crippen LogP contribution in [-0.4, -0.2) is 15.8 Å². The predicted octanol–water partition coefficient (Wildman–Crippen LogP) is 2.75. The third kappa shape index (κ3) is 3.42. The molecule has 1 aromatic rings. The molecule has 1 rings (SSSR count). The quantitative estimate of drug-likeness (QED) is 0.648. The zero-order valence-corrected chi connectivity index (χ0v) is 10.0. The molecule has 0 aromatic carbocycles. The molecule has 4 nitrogen and oxygen atoms in total. The standard InChI is InChI=1S/C14H13N3O/c1-3-5-11(6-4-2)17-13(9-15)12-7-8-16-10-14(12)18/h3-8,10,18H,1H2,2H3/b6-4-,11-5+,17-13?. The third-order valence-electron chi connectivity index (χ3n) is 2.03. The highest BCUT2D eigenvalue weighted by Gasteiger charge is 2.08. The van der Waals surface area contributed by atoms with E-state index in [-0.39, 0.29) is 11.5 Å². The van der Waals surface area contributed by atoms with Gasteiger partial charge in [-0.3, -0.25) is 4.98 Å². The zero-order valence-electron chi connectivity index (χ0n) is 10.0. The van der Waals surface area contributed by atoms with Crippen molar-refractivity contribution < 1.29 is 5.11 Å². The molecule has 0 aliphatic heterocycles. The summed E-state index contributed by atoms with van der Waals surface area (Å²) in [6.45, 7) is 5.43. The number of nitrogens with zero attached hydrogens (tertiary/aromatic N) is 3. The van der Waals surface area contributed by atoms with Crippen LogP contribution < -0.4 is 0 Å². The van der Waals surface area contributed by atoms with Crippen LogP contribution in [0.15, 0.2) is 60.0 Å². The highest BCUT2D eigenvalue weighted by molar-refractivity contribution is 6.13. The number of rotatable bonds is 4. The highest BCUT2D eigenvalue weighted by atomic mass is 16.3. The third-order valence-corrected chi connectivity index (χ3v) is 2.03. The van der Waals surface area contributed by atoms with E-state index in [4.69, 9.17) is 5.26 Å². The fraction of sp³-hybridized carbons (Fsp3) is 0.0714. The summed E-state index contributed by atoms with van der Waals surface area (Å²) in [7, 11) is 0. The second-order valence-corrected chi connectivity index (χ2v) is 3.29. The fourth-order valence-corrected chi connectivity index (χ4v) is 1.28. The Balaban J connectivity index is 3.26. The molecule has 0 saturated carbocycles. The fourth-order valence-electron chi connectivity index (χ4n) is 1.28. The maximum Gasteiger partial charge on any atom is 0.152 e. The molecule has 1 aromatic heterocycles. The van der Waals surface area contributed by atoms with Gasteiger partial charge in [0.1, 0.15) is 11.8 Å². The van der Waals surface area contributed by atoms with E-state index >= 15 is 0 Å². The van der Waals surface area contributed by atoms with Crippen LogP contribution in [0.5, 0.6) is 5.75 Å². The summed E-state index contributed by atoms with van der Waals surface area (Å²) in [5, 5.41) is 18.7. The molecule has 4 heteroatoms. The largest absolute Gasteiger partial charge is 0.506 e. The Labute approximate surface area is 106 Å². The van der Waals surface area contributed by atoms with Crippen LogP contribution in [0.25, 0.3) is 0 Å². The van der Waals surface area contributed by atoms with Crippen LogP contribution >= 0.6 is 0 Å². The second-order valence-electron chi connectivity index (χ2n) is 3.29. The molecule has 90 valence electrons. The molecule has 0 saturated heterocycles. The molecule has 1 heterocycles. The van der Waals surface area contributed by atoms with Gasteiger partial charge in [-0.1, -0.05) is 18.7 Å². The first kappa shape index (κ1) is 13.4. The van der Waals surface area contributed by atoms with E-state index < -0.39 is 0 Å². The van der Waals surface area contributed by atoms with Crippen molar-refractivity contribution in [3.05, 3.63) is 60.6 Å². The smallest absolute Gasteiger partial charge is 0.152 e. The van der Waals surface area contributed by atoms with Crippen LogP contribution in [0, 0.1) is 11.3 Å². The Bertz CT molecular complexity index is 563. The van der Waals surface area contributed by atoms with E-state index in [0.717, 1.165) is 0 Å². The lowest BCUT2D eigenvalue weighted by Gasteiger charge is -2.01. The van der Waals surface area contributed by atoms with Crippen LogP contribution in [0.3, 0.4) is 0 Å². The van der Waals surface area contributed by atoms with Gasteiger partial charge in [0.15, 0.2) is 5.71 Å². The van der Waals surface area contributed by atoms with Gasteiger partial charge in [-0.2, -0.15) is 5.26 Å². The van der Waals surface area contributed by atoms with Gasteiger partial charge in [0.2, 0.25) is 0 Å². The number of aromatic nitrogens is 1. The number of allylic oxidation sites excluding steroid dienone is 4. The van der Waals surface area contributed by atoms with Gasteiger partial charge >= 0.3 is 0 Å². The molecule has 1 N–H and O–H groups in total. The molecule has 0 unspecified atom stereocenters. The van der Waals surface area contributed by atoms with Crippen molar-refractivity contribution in [3.8, 4) is 11.8 Å². The normalized spacial score (nSPS) is 12.4. The summed E-state index contributed by atoms with van der Waals surface area (Å²) in [4.78, 5) is 7.93. The van der Waals surface area contributed by atoms with Gasteiger partial charge in [0, 0.05) is 6.20 Å². The first-order valence-corrected chi connectivity index (χ1v) is 5.30. The summed E-state index contributed by atoms with van der Waals surface area (Å²) < 4.78 is 0. The van der Waals surface area contributed by atoms with Gasteiger partial charge in [0.05, 0.1) is 17.5 Å². The molecular formula is C14H13N3O. The van der Waals surface area contributed by atoms with Crippen molar-refractivity contribution >= 4 is 5.71 Å². The molecule has 0 fully saturated rings. The van der Waals surface area contributed by atoms with Crippen LogP contribution in [0.2, 0.25) is 0 Å². The molecule has 0 radical (unpaired) electrons. The molecule has 0 atom stereocenters. The lowest BCUT2D eigenvalue weighted by molar-refractivity contribution is 0.471. The predicted molar refractivity (Wildman–Crippen MR) is 71.1 cm³/mol. The van der Waals surface area contributed by atoms with E-state index in [1.807, 2.05) is 13.0 Å². The van der Waals surface area contributed by atoms with Crippen molar-refractivity contribution in [1.82, 2.24) is 4.98 Å². The lowest BCUT2D eigenvalue weighted by Crippen LogP contribution is -1.98. The summed E-state index contributed by atoms with van der Waals surface area (Å²) in [5.41, 5.74) is 1.06. The summed E-state index contributed by atoms with van der Waals surface area (Å²) >= 11 is 0. The van der Waals surface area contributed by atoms with Crippen LogP contribution in [0.1, 0.15) is 12.5 Å². The monoisotopic (exact) mass is 239 g/mol.